The highest BCUT2D eigenvalue weighted by Gasteiger charge is 2.38. The lowest BCUT2D eigenvalue weighted by atomic mass is 9.87. The summed E-state index contributed by atoms with van der Waals surface area (Å²) in [4.78, 5) is 0. The van der Waals surface area contributed by atoms with Gasteiger partial charge >= 0.3 is 0 Å². The number of rotatable bonds is 3. The monoisotopic (exact) mass is 261 g/mol. The van der Waals surface area contributed by atoms with Crippen LogP contribution >= 0.6 is 11.6 Å². The third kappa shape index (κ3) is 2.16. The van der Waals surface area contributed by atoms with Crippen molar-refractivity contribution in [1.29, 1.82) is 0 Å². The fraction of sp³-hybridized carbons (Fsp3) is 0.500. The first-order chi connectivity index (χ1) is 8.63. The molecule has 2 bridgehead atoms. The Morgan fingerprint density at radius 2 is 2.11 bits per heavy atom. The van der Waals surface area contributed by atoms with Crippen LogP contribution in [-0.4, -0.2) is 6.04 Å². The van der Waals surface area contributed by atoms with Crippen molar-refractivity contribution in [2.75, 3.05) is 5.32 Å². The molecule has 0 heterocycles. The molecule has 0 radical (unpaired) electrons. The van der Waals surface area contributed by atoms with E-state index in [2.05, 4.69) is 43.4 Å². The van der Waals surface area contributed by atoms with Gasteiger partial charge in [-0.25, -0.2) is 0 Å². The lowest BCUT2D eigenvalue weighted by Crippen LogP contribution is -2.28. The van der Waals surface area contributed by atoms with Crippen molar-refractivity contribution in [2.24, 2.45) is 17.8 Å². The minimum atomic E-state index is 0.491. The smallest absolute Gasteiger partial charge is 0.0640 e. The van der Waals surface area contributed by atoms with Gasteiger partial charge in [-0.1, -0.05) is 29.8 Å². The summed E-state index contributed by atoms with van der Waals surface area (Å²) in [5.74, 6) is 2.37. The maximum absolute atomic E-state index is 6.28. The highest BCUT2D eigenvalue weighted by molar-refractivity contribution is 6.33. The highest BCUT2D eigenvalue weighted by Crippen LogP contribution is 2.45. The molecular weight excluding hydrogens is 242 g/mol. The lowest BCUT2D eigenvalue weighted by Gasteiger charge is -2.27. The first-order valence-electron chi connectivity index (χ1n) is 6.84. The summed E-state index contributed by atoms with van der Waals surface area (Å²) in [6.45, 7) is 4.36. The third-order valence-electron chi connectivity index (χ3n) is 4.48. The van der Waals surface area contributed by atoms with Gasteiger partial charge < -0.3 is 5.32 Å². The fourth-order valence-electron chi connectivity index (χ4n) is 3.49. The van der Waals surface area contributed by atoms with Gasteiger partial charge in [0.05, 0.1) is 10.7 Å². The van der Waals surface area contributed by atoms with Gasteiger partial charge in [0.1, 0.15) is 0 Å². The Bertz CT molecular complexity index is 480. The predicted molar refractivity (Wildman–Crippen MR) is 78.1 cm³/mol. The zero-order valence-electron chi connectivity index (χ0n) is 11.0. The van der Waals surface area contributed by atoms with Crippen LogP contribution in [0.15, 0.2) is 30.4 Å². The summed E-state index contributed by atoms with van der Waals surface area (Å²) in [6.07, 6.45) is 7.50. The van der Waals surface area contributed by atoms with Crippen LogP contribution in [0.4, 0.5) is 5.69 Å². The van der Waals surface area contributed by atoms with E-state index in [1.165, 1.54) is 18.4 Å². The maximum Gasteiger partial charge on any atom is 0.0640 e. The summed E-state index contributed by atoms with van der Waals surface area (Å²) >= 11 is 6.28. The summed E-state index contributed by atoms with van der Waals surface area (Å²) in [7, 11) is 0. The molecular formula is C16H20ClN. The maximum atomic E-state index is 6.28. The van der Waals surface area contributed by atoms with Gasteiger partial charge in [0.2, 0.25) is 0 Å². The minimum Gasteiger partial charge on any atom is -0.381 e. The second-order valence-electron chi connectivity index (χ2n) is 5.86. The van der Waals surface area contributed by atoms with Crippen molar-refractivity contribution in [2.45, 2.75) is 32.7 Å². The first-order valence-corrected chi connectivity index (χ1v) is 7.22. The van der Waals surface area contributed by atoms with Crippen LogP contribution in [0.5, 0.6) is 0 Å². The summed E-state index contributed by atoms with van der Waals surface area (Å²) in [5.41, 5.74) is 2.28. The number of halogens is 1. The van der Waals surface area contributed by atoms with Crippen molar-refractivity contribution in [3.05, 3.63) is 40.9 Å². The Hall–Kier alpha value is -0.950. The lowest BCUT2D eigenvalue weighted by molar-refractivity contribution is 0.400. The average Bonchev–Trinajstić information content (AvgIpc) is 2.94. The summed E-state index contributed by atoms with van der Waals surface area (Å²) in [5, 5.41) is 4.43. The molecule has 96 valence electrons. The topological polar surface area (TPSA) is 12.0 Å². The van der Waals surface area contributed by atoms with E-state index in [4.69, 9.17) is 11.6 Å². The van der Waals surface area contributed by atoms with Crippen LogP contribution in [0.3, 0.4) is 0 Å². The molecule has 2 heteroatoms. The number of nitrogens with one attached hydrogen (secondary N) is 1. The van der Waals surface area contributed by atoms with Gasteiger partial charge in [-0.3, -0.25) is 0 Å². The van der Waals surface area contributed by atoms with Gasteiger partial charge in [-0.05, 0) is 62.1 Å². The van der Waals surface area contributed by atoms with E-state index in [-0.39, 0.29) is 0 Å². The molecule has 0 aliphatic heterocycles. The Balaban J connectivity index is 1.71. The molecule has 1 saturated carbocycles. The number of hydrogen-bond donors (Lipinski definition) is 1. The van der Waals surface area contributed by atoms with Gasteiger partial charge in [0.25, 0.3) is 0 Å². The molecule has 2 aliphatic carbocycles. The number of allylic oxidation sites excluding steroid dienone is 2. The highest BCUT2D eigenvalue weighted by atomic mass is 35.5. The molecule has 1 aromatic carbocycles. The minimum absolute atomic E-state index is 0.491. The van der Waals surface area contributed by atoms with Crippen molar-refractivity contribution >= 4 is 17.3 Å². The van der Waals surface area contributed by atoms with E-state index in [0.29, 0.717) is 6.04 Å². The molecule has 1 aromatic rings. The van der Waals surface area contributed by atoms with E-state index in [1.54, 1.807) is 0 Å². The number of aryl methyl sites for hydroxylation is 1. The Morgan fingerprint density at radius 3 is 2.72 bits per heavy atom. The van der Waals surface area contributed by atoms with E-state index < -0.39 is 0 Å². The molecule has 2 aliphatic rings. The van der Waals surface area contributed by atoms with E-state index in [1.807, 2.05) is 6.07 Å². The van der Waals surface area contributed by atoms with Crippen molar-refractivity contribution in [3.63, 3.8) is 0 Å². The van der Waals surface area contributed by atoms with Gasteiger partial charge in [0, 0.05) is 6.04 Å². The average molecular weight is 262 g/mol. The molecule has 4 unspecified atom stereocenters. The molecule has 4 atom stereocenters. The molecule has 18 heavy (non-hydrogen) atoms. The largest absolute Gasteiger partial charge is 0.381 e. The van der Waals surface area contributed by atoms with Crippen LogP contribution in [0.2, 0.25) is 5.02 Å². The van der Waals surface area contributed by atoms with E-state index in [9.17, 15) is 0 Å². The number of hydrogen-bond acceptors (Lipinski definition) is 1. The van der Waals surface area contributed by atoms with Crippen molar-refractivity contribution in [3.8, 4) is 0 Å². The van der Waals surface area contributed by atoms with Crippen molar-refractivity contribution in [1.82, 2.24) is 0 Å². The first kappa shape index (κ1) is 12.1. The normalized spacial score (nSPS) is 30.7. The van der Waals surface area contributed by atoms with Crippen LogP contribution in [-0.2, 0) is 0 Å². The van der Waals surface area contributed by atoms with Crippen LogP contribution in [0.1, 0.15) is 25.3 Å². The summed E-state index contributed by atoms with van der Waals surface area (Å²) < 4.78 is 0. The third-order valence-corrected chi connectivity index (χ3v) is 4.79. The Morgan fingerprint density at radius 1 is 1.28 bits per heavy atom. The number of benzene rings is 1. The second kappa shape index (κ2) is 4.62. The standard InChI is InChI=1S/C16H20ClN/c1-10-3-6-16(15(17)7-10)18-11(2)14-9-12-4-5-13(14)8-12/h3-7,11-14,18H,8-9H2,1-2H3. The van der Waals surface area contributed by atoms with E-state index in [0.717, 1.165) is 28.5 Å². The number of anilines is 1. The quantitative estimate of drug-likeness (QED) is 0.781. The van der Waals surface area contributed by atoms with Gasteiger partial charge in [-0.2, -0.15) is 0 Å². The molecule has 3 rings (SSSR count). The van der Waals surface area contributed by atoms with Gasteiger partial charge in [0.15, 0.2) is 0 Å². The molecule has 1 nitrogen and oxygen atoms in total. The van der Waals surface area contributed by atoms with Crippen LogP contribution < -0.4 is 5.32 Å². The number of fused-ring (bicyclic) bond motifs is 2. The molecule has 0 spiro atoms. The molecule has 1 fully saturated rings. The fourth-order valence-corrected chi connectivity index (χ4v) is 3.78. The predicted octanol–water partition coefficient (Wildman–Crippen LogP) is 4.66. The Labute approximate surface area is 114 Å². The van der Waals surface area contributed by atoms with Crippen molar-refractivity contribution < 1.29 is 0 Å². The van der Waals surface area contributed by atoms with Gasteiger partial charge in [-0.15, -0.1) is 0 Å². The van der Waals surface area contributed by atoms with E-state index >= 15 is 0 Å². The van der Waals surface area contributed by atoms with Crippen LogP contribution in [0, 0.1) is 24.7 Å². The summed E-state index contributed by atoms with van der Waals surface area (Å²) in [6, 6.07) is 6.72. The second-order valence-corrected chi connectivity index (χ2v) is 6.27. The zero-order chi connectivity index (χ0) is 12.7. The van der Waals surface area contributed by atoms with Crippen LogP contribution in [0.25, 0.3) is 0 Å². The molecule has 0 aromatic heterocycles. The molecule has 1 N–H and O–H groups in total. The SMILES string of the molecule is Cc1ccc(NC(C)C2CC3C=CC2C3)c(Cl)c1. The molecule has 0 saturated heterocycles. The zero-order valence-corrected chi connectivity index (χ0v) is 11.7. The Kier molecular flexibility index (Phi) is 3.11. The molecule has 0 amide bonds.